The average molecular weight is 230 g/mol. The van der Waals surface area contributed by atoms with Gasteiger partial charge in [-0.3, -0.25) is 0 Å². The SMILES string of the molecule is [N-]=[N+]=NCC1OC(O)C(O)C(O)C1N=[N+]=[N-]. The maximum atomic E-state index is 9.52. The first-order chi connectivity index (χ1) is 7.61. The van der Waals surface area contributed by atoms with E-state index in [1.165, 1.54) is 0 Å². The predicted octanol–water partition coefficient (Wildman–Crippen LogP) is -0.585. The molecule has 5 atom stereocenters. The number of hydrogen-bond acceptors (Lipinski definition) is 6. The summed E-state index contributed by atoms with van der Waals surface area (Å²) in [4.78, 5) is 4.96. The van der Waals surface area contributed by atoms with Gasteiger partial charge in [0.25, 0.3) is 0 Å². The van der Waals surface area contributed by atoms with Gasteiger partial charge in [0, 0.05) is 9.82 Å². The van der Waals surface area contributed by atoms with E-state index in [-0.39, 0.29) is 6.54 Å². The Kier molecular flexibility index (Phi) is 4.32. The topological polar surface area (TPSA) is 167 Å². The van der Waals surface area contributed by atoms with E-state index in [9.17, 15) is 15.3 Å². The van der Waals surface area contributed by atoms with Crippen molar-refractivity contribution in [1.29, 1.82) is 0 Å². The third-order valence-corrected chi connectivity index (χ3v) is 2.20. The molecule has 1 aliphatic rings. The lowest BCUT2D eigenvalue weighted by atomic mass is 9.97. The van der Waals surface area contributed by atoms with Crippen molar-refractivity contribution in [3.8, 4) is 0 Å². The summed E-state index contributed by atoms with van der Waals surface area (Å²) in [5, 5.41) is 34.4. The van der Waals surface area contributed by atoms with E-state index in [1.807, 2.05) is 0 Å². The van der Waals surface area contributed by atoms with Gasteiger partial charge in [0.05, 0.1) is 24.8 Å². The first-order valence-electron chi connectivity index (χ1n) is 4.36. The van der Waals surface area contributed by atoms with Crippen LogP contribution in [0.3, 0.4) is 0 Å². The van der Waals surface area contributed by atoms with Crippen LogP contribution in [0.1, 0.15) is 0 Å². The highest BCUT2D eigenvalue weighted by molar-refractivity contribution is 4.94. The minimum absolute atomic E-state index is 0.221. The molecule has 5 unspecified atom stereocenters. The maximum absolute atomic E-state index is 9.52. The zero-order valence-electron chi connectivity index (χ0n) is 8.03. The van der Waals surface area contributed by atoms with E-state index in [0.29, 0.717) is 0 Å². The van der Waals surface area contributed by atoms with Crippen molar-refractivity contribution < 1.29 is 20.1 Å². The number of aliphatic hydroxyl groups excluding tert-OH is 3. The van der Waals surface area contributed by atoms with Gasteiger partial charge in [-0.1, -0.05) is 10.2 Å². The Morgan fingerprint density at radius 3 is 2.38 bits per heavy atom. The average Bonchev–Trinajstić information content (AvgIpc) is 2.28. The molecule has 1 saturated heterocycles. The molecule has 3 N–H and O–H groups in total. The molecule has 0 aliphatic carbocycles. The minimum Gasteiger partial charge on any atom is -0.390 e. The number of nitrogens with zero attached hydrogens (tertiary/aromatic N) is 6. The lowest BCUT2D eigenvalue weighted by Gasteiger charge is -2.38. The Morgan fingerprint density at radius 2 is 1.81 bits per heavy atom. The van der Waals surface area contributed by atoms with Gasteiger partial charge >= 0.3 is 0 Å². The van der Waals surface area contributed by atoms with E-state index >= 15 is 0 Å². The molecule has 16 heavy (non-hydrogen) atoms. The number of aliphatic hydroxyl groups is 3. The molecule has 0 bridgehead atoms. The lowest BCUT2D eigenvalue weighted by Crippen LogP contribution is -2.57. The molecule has 1 rings (SSSR count). The van der Waals surface area contributed by atoms with Crippen molar-refractivity contribution in [2.75, 3.05) is 6.54 Å². The predicted molar refractivity (Wildman–Crippen MR) is 49.8 cm³/mol. The van der Waals surface area contributed by atoms with Crippen LogP contribution < -0.4 is 0 Å². The molecule has 0 aromatic carbocycles. The zero-order chi connectivity index (χ0) is 12.1. The van der Waals surface area contributed by atoms with Crippen LogP contribution in [0, 0.1) is 0 Å². The van der Waals surface area contributed by atoms with Crippen LogP contribution in [0.2, 0.25) is 0 Å². The molecule has 0 aromatic heterocycles. The fraction of sp³-hybridized carbons (Fsp3) is 1.00. The Hall–Kier alpha value is -1.54. The van der Waals surface area contributed by atoms with E-state index in [1.54, 1.807) is 0 Å². The van der Waals surface area contributed by atoms with Gasteiger partial charge in [-0.05, 0) is 11.1 Å². The molecule has 0 aromatic rings. The second kappa shape index (κ2) is 5.52. The van der Waals surface area contributed by atoms with Crippen molar-refractivity contribution in [1.82, 2.24) is 0 Å². The number of hydrogen-bond donors (Lipinski definition) is 3. The van der Waals surface area contributed by atoms with E-state index in [0.717, 1.165) is 0 Å². The Morgan fingerprint density at radius 1 is 1.12 bits per heavy atom. The second-order valence-corrected chi connectivity index (χ2v) is 3.16. The van der Waals surface area contributed by atoms with E-state index in [4.69, 9.17) is 15.8 Å². The van der Waals surface area contributed by atoms with Crippen LogP contribution in [0.4, 0.5) is 0 Å². The van der Waals surface area contributed by atoms with Crippen LogP contribution >= 0.6 is 0 Å². The van der Waals surface area contributed by atoms with Crippen LogP contribution in [-0.2, 0) is 4.74 Å². The first-order valence-corrected chi connectivity index (χ1v) is 4.36. The Labute approximate surface area is 89.3 Å². The Bertz CT molecular complexity index is 338. The van der Waals surface area contributed by atoms with E-state index in [2.05, 4.69) is 20.1 Å². The van der Waals surface area contributed by atoms with Crippen LogP contribution in [0.25, 0.3) is 20.9 Å². The summed E-state index contributed by atoms with van der Waals surface area (Å²) in [7, 11) is 0. The molecule has 10 nitrogen and oxygen atoms in total. The van der Waals surface area contributed by atoms with Crippen LogP contribution in [-0.4, -0.2) is 52.5 Å². The summed E-state index contributed by atoms with van der Waals surface area (Å²) < 4.78 is 4.85. The van der Waals surface area contributed by atoms with Gasteiger partial charge in [-0.2, -0.15) is 0 Å². The van der Waals surface area contributed by atoms with Crippen molar-refractivity contribution >= 4 is 0 Å². The molecule has 1 fully saturated rings. The normalized spacial score (nSPS) is 38.3. The Balaban J connectivity index is 2.86. The summed E-state index contributed by atoms with van der Waals surface area (Å²) in [5.74, 6) is 0. The van der Waals surface area contributed by atoms with Gasteiger partial charge in [0.1, 0.15) is 6.10 Å². The number of rotatable bonds is 3. The van der Waals surface area contributed by atoms with E-state index < -0.39 is 30.6 Å². The highest BCUT2D eigenvalue weighted by atomic mass is 16.6. The molecule has 88 valence electrons. The summed E-state index contributed by atoms with van der Waals surface area (Å²) in [6.45, 7) is -0.221. The molecule has 0 spiro atoms. The molecule has 1 aliphatic heterocycles. The van der Waals surface area contributed by atoms with Gasteiger partial charge in [0.2, 0.25) is 0 Å². The fourth-order valence-electron chi connectivity index (χ4n) is 1.40. The number of ether oxygens (including phenoxy) is 1. The van der Waals surface area contributed by atoms with Crippen molar-refractivity contribution in [3.05, 3.63) is 20.9 Å². The summed E-state index contributed by atoms with van der Waals surface area (Å²) in [6.07, 6.45) is -5.63. The monoisotopic (exact) mass is 230 g/mol. The lowest BCUT2D eigenvalue weighted by molar-refractivity contribution is -0.250. The first kappa shape index (κ1) is 12.5. The summed E-state index contributed by atoms with van der Waals surface area (Å²) >= 11 is 0. The molecular weight excluding hydrogens is 220 g/mol. The quantitative estimate of drug-likeness (QED) is 0.335. The third kappa shape index (κ3) is 2.52. The van der Waals surface area contributed by atoms with Crippen LogP contribution in [0.5, 0.6) is 0 Å². The van der Waals surface area contributed by atoms with Crippen molar-refractivity contribution in [2.24, 2.45) is 10.2 Å². The van der Waals surface area contributed by atoms with Gasteiger partial charge < -0.3 is 20.1 Å². The minimum atomic E-state index is -1.61. The van der Waals surface area contributed by atoms with Gasteiger partial charge in [-0.25, -0.2) is 0 Å². The third-order valence-electron chi connectivity index (χ3n) is 2.20. The zero-order valence-corrected chi connectivity index (χ0v) is 8.03. The molecule has 1 heterocycles. The fourth-order valence-corrected chi connectivity index (χ4v) is 1.40. The maximum Gasteiger partial charge on any atom is 0.183 e. The van der Waals surface area contributed by atoms with Crippen LogP contribution in [0.15, 0.2) is 10.2 Å². The second-order valence-electron chi connectivity index (χ2n) is 3.16. The highest BCUT2D eigenvalue weighted by Gasteiger charge is 2.42. The summed E-state index contributed by atoms with van der Waals surface area (Å²) in [5.41, 5.74) is 16.4. The highest BCUT2D eigenvalue weighted by Crippen LogP contribution is 2.22. The molecule has 0 amide bonds. The largest absolute Gasteiger partial charge is 0.390 e. The smallest absolute Gasteiger partial charge is 0.183 e. The molecular formula is C6H10N6O4. The van der Waals surface area contributed by atoms with Gasteiger partial charge in [-0.15, -0.1) is 0 Å². The molecule has 10 heteroatoms. The van der Waals surface area contributed by atoms with Crippen molar-refractivity contribution in [2.45, 2.75) is 30.6 Å². The summed E-state index contributed by atoms with van der Waals surface area (Å²) in [6, 6.07) is -1.12. The standard InChI is InChI=1S/C6H10N6O4/c7-11-9-1-2-3(10-12-8)4(13)5(14)6(15)16-2/h2-6,13-15H,1H2. The number of azide groups is 2. The molecule has 0 saturated carbocycles. The molecule has 0 radical (unpaired) electrons. The van der Waals surface area contributed by atoms with Crippen molar-refractivity contribution in [3.63, 3.8) is 0 Å². The van der Waals surface area contributed by atoms with Gasteiger partial charge in [0.15, 0.2) is 6.29 Å².